The third kappa shape index (κ3) is 13.4. The zero-order valence-corrected chi connectivity index (χ0v) is 27.7. The normalized spacial score (nSPS) is 13.5. The second kappa shape index (κ2) is 19.1. The molecule has 0 aliphatic rings. The van der Waals surface area contributed by atoms with Crippen molar-refractivity contribution in [3.8, 4) is 0 Å². The Hall–Kier alpha value is -5.67. The van der Waals surface area contributed by atoms with E-state index in [1.165, 1.54) is 6.92 Å². The van der Waals surface area contributed by atoms with E-state index >= 15 is 0 Å². The maximum absolute atomic E-state index is 13.7. The molecule has 0 aliphatic carbocycles. The molecular weight excluding hydrogens is 618 g/mol. The zero-order chi connectivity index (χ0) is 35.8. The van der Waals surface area contributed by atoms with Gasteiger partial charge in [0.05, 0.1) is 11.5 Å². The van der Waals surface area contributed by atoms with Gasteiger partial charge in [0.15, 0.2) is 11.8 Å². The number of oxime groups is 1. The number of aliphatic imine (C=N–C) groups is 2. The van der Waals surface area contributed by atoms with Crippen molar-refractivity contribution >= 4 is 46.9 Å². The highest BCUT2D eigenvalue weighted by molar-refractivity contribution is 5.97. The molecule has 48 heavy (non-hydrogen) atoms. The van der Waals surface area contributed by atoms with Crippen LogP contribution in [0.25, 0.3) is 0 Å². The first kappa shape index (κ1) is 38.5. The Kier molecular flexibility index (Phi) is 15.3. The predicted molar refractivity (Wildman–Crippen MR) is 184 cm³/mol. The number of nitrogens with two attached hydrogens (primary N) is 4. The number of amides is 4. The van der Waals surface area contributed by atoms with Gasteiger partial charge in [0.2, 0.25) is 23.6 Å². The van der Waals surface area contributed by atoms with Crippen LogP contribution in [0.4, 0.5) is 5.69 Å². The van der Waals surface area contributed by atoms with Gasteiger partial charge >= 0.3 is 0 Å². The molecule has 0 heterocycles. The standard InChI is InChI=1S/C32H47N11O5/c1-18(2)27(42-30(46)25(40-20(4)44)6-5-15-37-32(35)36)31(47)41-26(16-21-9-13-24(14-10-21)39-19(3)33)29(45)38-17-22-7-11-23(12-8-22)28(34)43-48/h7-14,18,25-27,48H,5-6,15-17H2,1-4H3,(H2,33,39)(H2,34,43)(H,38,45)(H,40,44)(H,41,47)(H,42,46)(H4,35,36,37). The van der Waals surface area contributed by atoms with Crippen molar-refractivity contribution in [3.05, 3.63) is 65.2 Å². The van der Waals surface area contributed by atoms with E-state index in [1.807, 2.05) is 0 Å². The van der Waals surface area contributed by atoms with E-state index in [9.17, 15) is 19.2 Å². The van der Waals surface area contributed by atoms with Gasteiger partial charge in [0.25, 0.3) is 0 Å². The first-order valence-electron chi connectivity index (χ1n) is 15.4. The summed E-state index contributed by atoms with van der Waals surface area (Å²) in [6.45, 7) is 6.85. The molecule has 0 bridgehead atoms. The Morgan fingerprint density at radius 1 is 0.792 bits per heavy atom. The lowest BCUT2D eigenvalue weighted by Crippen LogP contribution is -2.58. The van der Waals surface area contributed by atoms with E-state index in [1.54, 1.807) is 69.3 Å². The second-order valence-electron chi connectivity index (χ2n) is 11.5. The van der Waals surface area contributed by atoms with Crippen LogP contribution in [0, 0.1) is 5.92 Å². The number of hydrogen-bond donors (Lipinski definition) is 9. The summed E-state index contributed by atoms with van der Waals surface area (Å²) in [6, 6.07) is 10.8. The van der Waals surface area contributed by atoms with Crippen LogP contribution in [0.1, 0.15) is 57.2 Å². The Morgan fingerprint density at radius 2 is 1.42 bits per heavy atom. The van der Waals surface area contributed by atoms with Crippen LogP contribution in [0.15, 0.2) is 63.7 Å². The first-order valence-corrected chi connectivity index (χ1v) is 15.4. The van der Waals surface area contributed by atoms with E-state index in [-0.39, 0.29) is 43.6 Å². The van der Waals surface area contributed by atoms with Gasteiger partial charge in [-0.1, -0.05) is 55.4 Å². The highest BCUT2D eigenvalue weighted by atomic mass is 16.4. The largest absolute Gasteiger partial charge is 0.409 e. The van der Waals surface area contributed by atoms with Gasteiger partial charge in [0.1, 0.15) is 18.1 Å². The van der Waals surface area contributed by atoms with Crippen molar-refractivity contribution in [2.75, 3.05) is 6.54 Å². The number of rotatable bonds is 17. The quantitative estimate of drug-likeness (QED) is 0.0356. The van der Waals surface area contributed by atoms with Crippen LogP contribution >= 0.6 is 0 Å². The topological polar surface area (TPSA) is 278 Å². The molecule has 0 saturated heterocycles. The lowest BCUT2D eigenvalue weighted by atomic mass is 10.00. The summed E-state index contributed by atoms with van der Waals surface area (Å²) in [6.07, 6.45) is 0.755. The fraction of sp³-hybridized carbons (Fsp3) is 0.406. The number of guanidine groups is 1. The number of nitrogens with one attached hydrogen (secondary N) is 4. The number of carbonyl (C=O) groups excluding carboxylic acids is 4. The van der Waals surface area contributed by atoms with Gasteiger partial charge in [-0.05, 0) is 48.9 Å². The van der Waals surface area contributed by atoms with Gasteiger partial charge < -0.3 is 49.4 Å². The average Bonchev–Trinajstić information content (AvgIpc) is 3.03. The molecule has 0 fully saturated rings. The zero-order valence-electron chi connectivity index (χ0n) is 27.7. The summed E-state index contributed by atoms with van der Waals surface area (Å²) < 4.78 is 0. The third-order valence-corrected chi connectivity index (χ3v) is 7.02. The summed E-state index contributed by atoms with van der Waals surface area (Å²) in [5.41, 5.74) is 24.7. The molecule has 16 heteroatoms. The summed E-state index contributed by atoms with van der Waals surface area (Å²) in [5, 5.41) is 22.9. The van der Waals surface area contributed by atoms with Gasteiger partial charge in [-0.25, -0.2) is 4.99 Å². The van der Waals surface area contributed by atoms with Crippen LogP contribution in [0.5, 0.6) is 0 Å². The summed E-state index contributed by atoms with van der Waals surface area (Å²) >= 11 is 0. The van der Waals surface area contributed by atoms with Gasteiger partial charge in [0, 0.05) is 32.0 Å². The maximum atomic E-state index is 13.7. The molecule has 0 aromatic heterocycles. The van der Waals surface area contributed by atoms with Crippen molar-refractivity contribution in [2.45, 2.75) is 71.6 Å². The smallest absolute Gasteiger partial charge is 0.243 e. The van der Waals surface area contributed by atoms with Gasteiger partial charge in [-0.2, -0.15) is 0 Å². The molecule has 2 aromatic rings. The predicted octanol–water partition coefficient (Wildman–Crippen LogP) is -0.167. The minimum absolute atomic E-state index is 0.0483. The number of nitrogens with zero attached hydrogens (tertiary/aromatic N) is 3. The van der Waals surface area contributed by atoms with E-state index in [2.05, 4.69) is 36.4 Å². The highest BCUT2D eigenvalue weighted by Gasteiger charge is 2.31. The Morgan fingerprint density at radius 3 is 1.96 bits per heavy atom. The molecule has 0 spiro atoms. The van der Waals surface area contributed by atoms with Crippen molar-refractivity contribution in [3.63, 3.8) is 0 Å². The average molecular weight is 666 g/mol. The van der Waals surface area contributed by atoms with E-state index in [4.69, 9.17) is 28.1 Å². The molecule has 3 unspecified atom stereocenters. The molecule has 16 nitrogen and oxygen atoms in total. The minimum Gasteiger partial charge on any atom is -0.409 e. The molecule has 0 saturated carbocycles. The second-order valence-corrected chi connectivity index (χ2v) is 11.5. The number of amidine groups is 2. The summed E-state index contributed by atoms with van der Waals surface area (Å²) in [5.74, 6) is -2.14. The van der Waals surface area contributed by atoms with E-state index in [0.29, 0.717) is 23.5 Å². The molecule has 3 atom stereocenters. The Labute approximate surface area is 279 Å². The molecule has 13 N–H and O–H groups in total. The molecule has 2 aromatic carbocycles. The SMILES string of the molecule is CC(=O)NC(CCCN=C(N)N)C(=O)NC(C(=O)NC(Cc1ccc(N=C(C)N)cc1)C(=O)NCc1ccc(C(N)=NO)cc1)C(C)C. The molecule has 260 valence electrons. The molecule has 0 aliphatic heterocycles. The van der Waals surface area contributed by atoms with Gasteiger partial charge in [-0.15, -0.1) is 0 Å². The summed E-state index contributed by atoms with van der Waals surface area (Å²) in [7, 11) is 0. The molecular formula is C32H47N11O5. The van der Waals surface area contributed by atoms with E-state index < -0.39 is 41.8 Å². The molecule has 4 amide bonds. The van der Waals surface area contributed by atoms with Crippen LogP contribution < -0.4 is 44.2 Å². The fourth-order valence-electron chi connectivity index (χ4n) is 4.59. The Balaban J connectivity index is 2.26. The van der Waals surface area contributed by atoms with Crippen molar-refractivity contribution in [1.29, 1.82) is 0 Å². The van der Waals surface area contributed by atoms with Crippen molar-refractivity contribution in [1.82, 2.24) is 21.3 Å². The van der Waals surface area contributed by atoms with Gasteiger partial charge in [-0.3, -0.25) is 24.2 Å². The molecule has 0 radical (unpaired) electrons. The Bertz CT molecular complexity index is 1480. The van der Waals surface area contributed by atoms with Crippen LogP contribution in [0.3, 0.4) is 0 Å². The fourth-order valence-corrected chi connectivity index (χ4v) is 4.59. The van der Waals surface area contributed by atoms with E-state index in [0.717, 1.165) is 11.1 Å². The first-order chi connectivity index (χ1) is 22.7. The maximum Gasteiger partial charge on any atom is 0.243 e. The van der Waals surface area contributed by atoms with Crippen LogP contribution in [0.2, 0.25) is 0 Å². The lowest BCUT2D eigenvalue weighted by Gasteiger charge is -2.27. The molecule has 2 rings (SSSR count). The van der Waals surface area contributed by atoms with Crippen molar-refractivity contribution < 1.29 is 24.4 Å². The van der Waals surface area contributed by atoms with Crippen LogP contribution in [-0.4, -0.2) is 71.1 Å². The number of carbonyl (C=O) groups is 4. The monoisotopic (exact) mass is 665 g/mol. The van der Waals surface area contributed by atoms with Crippen LogP contribution in [-0.2, 0) is 32.1 Å². The third-order valence-electron chi connectivity index (χ3n) is 7.02. The highest BCUT2D eigenvalue weighted by Crippen LogP contribution is 2.15. The lowest BCUT2D eigenvalue weighted by molar-refractivity contribution is -0.134. The van der Waals surface area contributed by atoms with Crippen molar-refractivity contribution in [2.24, 2.45) is 44.0 Å². The summed E-state index contributed by atoms with van der Waals surface area (Å²) in [4.78, 5) is 60.4. The number of benzene rings is 2. The number of hydrogen-bond acceptors (Lipinski definition) is 8. The minimum atomic E-state index is -1.03.